The van der Waals surface area contributed by atoms with Gasteiger partial charge in [-0.25, -0.2) is 17.9 Å². The van der Waals surface area contributed by atoms with Crippen LogP contribution in [0.15, 0.2) is 65.8 Å². The van der Waals surface area contributed by atoms with Gasteiger partial charge in [-0.15, -0.1) is 0 Å². The summed E-state index contributed by atoms with van der Waals surface area (Å²) in [6, 6.07) is 11.9. The van der Waals surface area contributed by atoms with Gasteiger partial charge >= 0.3 is 5.97 Å². The summed E-state index contributed by atoms with van der Waals surface area (Å²) < 4.78 is 34.4. The number of nitrogens with one attached hydrogen (secondary N) is 1. The van der Waals surface area contributed by atoms with Crippen LogP contribution >= 0.6 is 11.6 Å². The topological polar surface area (TPSA) is 90.3 Å². The maximum Gasteiger partial charge on any atom is 0.330 e. The van der Waals surface area contributed by atoms with Crippen LogP contribution in [0.2, 0.25) is 5.02 Å². The number of ether oxygens (including phenoxy) is 1. The molecular formula is C23H24ClN3O4S. The standard InChI is InChI=1S/C23H24ClN3O4S/c1-27-20(7-10-23(28)31-2)15-18(14-17-4-3-12-25-16-17)22(27)11-13-26-32(29,30)21-8-5-19(24)6-9-21/h3-10,12,15-16,26H,11,13-14H2,1-2H3/b10-7+. The van der Waals surface area contributed by atoms with E-state index in [0.717, 1.165) is 22.5 Å². The predicted octanol–water partition coefficient (Wildman–Crippen LogP) is 3.37. The molecule has 0 bridgehead atoms. The molecule has 0 fully saturated rings. The number of methoxy groups -OCH3 is 1. The Balaban J connectivity index is 1.81. The number of nitrogens with zero attached hydrogens (tertiary/aromatic N) is 2. The number of pyridine rings is 1. The van der Waals surface area contributed by atoms with E-state index in [2.05, 4.69) is 14.4 Å². The molecule has 3 aromatic rings. The molecule has 0 aliphatic carbocycles. The summed E-state index contributed by atoms with van der Waals surface area (Å²) in [5.41, 5.74) is 3.82. The van der Waals surface area contributed by atoms with Crippen molar-refractivity contribution in [3.63, 3.8) is 0 Å². The van der Waals surface area contributed by atoms with Gasteiger partial charge in [-0.2, -0.15) is 0 Å². The van der Waals surface area contributed by atoms with E-state index in [0.29, 0.717) is 17.9 Å². The largest absolute Gasteiger partial charge is 0.466 e. The van der Waals surface area contributed by atoms with Crippen molar-refractivity contribution in [1.29, 1.82) is 0 Å². The van der Waals surface area contributed by atoms with Crippen LogP contribution in [0, 0.1) is 0 Å². The lowest BCUT2D eigenvalue weighted by Gasteiger charge is -2.11. The van der Waals surface area contributed by atoms with Crippen LogP contribution in [-0.4, -0.2) is 37.6 Å². The monoisotopic (exact) mass is 473 g/mol. The van der Waals surface area contributed by atoms with Crippen molar-refractivity contribution in [2.45, 2.75) is 17.7 Å². The van der Waals surface area contributed by atoms with Crippen LogP contribution in [-0.2, 0) is 39.4 Å². The summed E-state index contributed by atoms with van der Waals surface area (Å²) in [4.78, 5) is 15.8. The molecule has 1 aromatic carbocycles. The van der Waals surface area contributed by atoms with Crippen LogP contribution < -0.4 is 4.72 Å². The summed E-state index contributed by atoms with van der Waals surface area (Å²) in [6.07, 6.45) is 7.64. The summed E-state index contributed by atoms with van der Waals surface area (Å²) in [7, 11) is -0.448. The van der Waals surface area contributed by atoms with Crippen molar-refractivity contribution in [2.24, 2.45) is 7.05 Å². The molecule has 0 aliphatic rings. The minimum atomic E-state index is -3.65. The molecule has 0 amide bonds. The number of aromatic nitrogens is 2. The normalized spacial score (nSPS) is 11.7. The number of halogens is 1. The lowest BCUT2D eigenvalue weighted by atomic mass is 10.1. The number of carbonyl (C=O) groups is 1. The number of carbonyl (C=O) groups excluding carboxylic acids is 1. The fourth-order valence-electron chi connectivity index (χ4n) is 3.32. The van der Waals surface area contributed by atoms with E-state index >= 15 is 0 Å². The van der Waals surface area contributed by atoms with Crippen LogP contribution in [0.1, 0.15) is 22.5 Å². The van der Waals surface area contributed by atoms with Crippen molar-refractivity contribution in [3.05, 3.63) is 88.5 Å². The van der Waals surface area contributed by atoms with Crippen LogP contribution in [0.25, 0.3) is 6.08 Å². The fourth-order valence-corrected chi connectivity index (χ4v) is 4.47. The second-order valence-corrected chi connectivity index (χ2v) is 9.30. The molecule has 1 N–H and O–H groups in total. The molecule has 3 rings (SSSR count). The highest BCUT2D eigenvalue weighted by atomic mass is 35.5. The zero-order valence-electron chi connectivity index (χ0n) is 17.8. The van der Waals surface area contributed by atoms with E-state index in [-0.39, 0.29) is 11.4 Å². The molecule has 9 heteroatoms. The maximum absolute atomic E-state index is 12.6. The third-order valence-corrected chi connectivity index (χ3v) is 6.70. The third kappa shape index (κ3) is 6.06. The highest BCUT2D eigenvalue weighted by molar-refractivity contribution is 7.89. The fraction of sp³-hybridized carbons (Fsp3) is 0.217. The van der Waals surface area contributed by atoms with Crippen molar-refractivity contribution in [1.82, 2.24) is 14.3 Å². The first-order chi connectivity index (χ1) is 15.3. The summed E-state index contributed by atoms with van der Waals surface area (Å²) >= 11 is 5.85. The highest BCUT2D eigenvalue weighted by Crippen LogP contribution is 2.21. The van der Waals surface area contributed by atoms with Crippen molar-refractivity contribution in [3.8, 4) is 0 Å². The Morgan fingerprint density at radius 1 is 1.25 bits per heavy atom. The number of benzene rings is 1. The number of esters is 1. The quantitative estimate of drug-likeness (QED) is 0.380. The summed E-state index contributed by atoms with van der Waals surface area (Å²) in [5.74, 6) is -0.447. The Kier molecular flexibility index (Phi) is 7.84. The molecule has 2 heterocycles. The molecule has 0 saturated carbocycles. The van der Waals surface area contributed by atoms with Gasteiger partial charge in [-0.1, -0.05) is 17.7 Å². The van der Waals surface area contributed by atoms with E-state index in [1.165, 1.54) is 25.3 Å². The molecule has 0 atom stereocenters. The first-order valence-corrected chi connectivity index (χ1v) is 11.7. The van der Waals surface area contributed by atoms with Gasteiger partial charge in [0.1, 0.15) is 0 Å². The molecule has 7 nitrogen and oxygen atoms in total. The zero-order chi connectivity index (χ0) is 23.1. The maximum atomic E-state index is 12.6. The molecule has 0 spiro atoms. The molecular weight excluding hydrogens is 450 g/mol. The number of rotatable bonds is 9. The van der Waals surface area contributed by atoms with Gasteiger partial charge in [-0.3, -0.25) is 4.98 Å². The average molecular weight is 474 g/mol. The van der Waals surface area contributed by atoms with E-state index in [1.54, 1.807) is 30.6 Å². The smallest absolute Gasteiger partial charge is 0.330 e. The third-order valence-electron chi connectivity index (χ3n) is 4.97. The second kappa shape index (κ2) is 10.6. The van der Waals surface area contributed by atoms with Gasteiger partial charge < -0.3 is 9.30 Å². The van der Waals surface area contributed by atoms with Crippen molar-refractivity contribution >= 4 is 33.7 Å². The molecule has 0 radical (unpaired) electrons. The van der Waals surface area contributed by atoms with Gasteiger partial charge in [-0.05, 0) is 53.6 Å². The van der Waals surface area contributed by atoms with E-state index in [1.807, 2.05) is 29.8 Å². The number of hydrogen-bond acceptors (Lipinski definition) is 5. The van der Waals surface area contributed by atoms with Crippen molar-refractivity contribution < 1.29 is 17.9 Å². The first kappa shape index (κ1) is 23.7. The van der Waals surface area contributed by atoms with Gasteiger partial charge in [0.15, 0.2) is 0 Å². The van der Waals surface area contributed by atoms with E-state index in [9.17, 15) is 13.2 Å². The predicted molar refractivity (Wildman–Crippen MR) is 124 cm³/mol. The Labute approximate surface area is 192 Å². The van der Waals surface area contributed by atoms with Crippen molar-refractivity contribution in [2.75, 3.05) is 13.7 Å². The number of hydrogen-bond donors (Lipinski definition) is 1. The van der Waals surface area contributed by atoms with Gasteiger partial charge in [0, 0.05) is 61.3 Å². The highest BCUT2D eigenvalue weighted by Gasteiger charge is 2.16. The molecule has 0 aliphatic heterocycles. The van der Waals surface area contributed by atoms with E-state index < -0.39 is 16.0 Å². The number of sulfonamides is 1. The summed E-state index contributed by atoms with van der Waals surface area (Å²) in [6.45, 7) is 0.211. The average Bonchev–Trinajstić information content (AvgIpc) is 3.07. The Hall–Kier alpha value is -2.94. The van der Waals surface area contributed by atoms with Crippen LogP contribution in [0.3, 0.4) is 0 Å². The van der Waals surface area contributed by atoms with Gasteiger partial charge in [0.2, 0.25) is 10.0 Å². The first-order valence-electron chi connectivity index (χ1n) is 9.88. The lowest BCUT2D eigenvalue weighted by molar-refractivity contribution is -0.134. The Morgan fingerprint density at radius 2 is 2.00 bits per heavy atom. The van der Waals surface area contributed by atoms with Crippen LogP contribution in [0.4, 0.5) is 0 Å². The minimum Gasteiger partial charge on any atom is -0.466 e. The Bertz CT molecular complexity index is 1200. The van der Waals surface area contributed by atoms with Gasteiger partial charge in [0.25, 0.3) is 0 Å². The molecule has 2 aromatic heterocycles. The molecule has 32 heavy (non-hydrogen) atoms. The van der Waals surface area contributed by atoms with E-state index in [4.69, 9.17) is 11.6 Å². The van der Waals surface area contributed by atoms with Crippen LogP contribution in [0.5, 0.6) is 0 Å². The molecule has 0 unspecified atom stereocenters. The van der Waals surface area contributed by atoms with Gasteiger partial charge in [0.05, 0.1) is 12.0 Å². The summed E-state index contributed by atoms with van der Waals surface area (Å²) in [5, 5.41) is 0.473. The second-order valence-electron chi connectivity index (χ2n) is 7.10. The minimum absolute atomic E-state index is 0.158. The molecule has 168 valence electrons. The SMILES string of the molecule is COC(=O)/C=C/c1cc(Cc2cccnc2)c(CCNS(=O)(=O)c2ccc(Cl)cc2)n1C. The Morgan fingerprint density at radius 3 is 2.66 bits per heavy atom. The lowest BCUT2D eigenvalue weighted by Crippen LogP contribution is -2.26. The zero-order valence-corrected chi connectivity index (χ0v) is 19.4. The molecule has 0 saturated heterocycles.